The van der Waals surface area contributed by atoms with Crippen LogP contribution in [0.4, 0.5) is 4.39 Å². The van der Waals surface area contributed by atoms with Crippen molar-refractivity contribution < 1.29 is 9.18 Å². The van der Waals surface area contributed by atoms with E-state index in [2.05, 4.69) is 10.5 Å². The number of carbonyl (C=O) groups is 1. The first-order valence-corrected chi connectivity index (χ1v) is 7.23. The lowest BCUT2D eigenvalue weighted by atomic mass is 10.0. The summed E-state index contributed by atoms with van der Waals surface area (Å²) in [6.07, 6.45) is 0. The maximum absolute atomic E-state index is 12.9. The molecule has 0 radical (unpaired) electrons. The van der Waals surface area contributed by atoms with Gasteiger partial charge in [0.25, 0.3) is 5.91 Å². The van der Waals surface area contributed by atoms with Crippen LogP contribution in [0.5, 0.6) is 0 Å². The summed E-state index contributed by atoms with van der Waals surface area (Å²) in [5, 5.41) is 6.39. The summed E-state index contributed by atoms with van der Waals surface area (Å²) in [6, 6.07) is 19.4. The molecule has 0 aliphatic carbocycles. The summed E-state index contributed by atoms with van der Waals surface area (Å²) in [4.78, 5) is 12.0. The van der Waals surface area contributed by atoms with E-state index in [4.69, 9.17) is 0 Å². The molecule has 1 amide bonds. The predicted octanol–water partition coefficient (Wildman–Crippen LogP) is 4.13. The van der Waals surface area contributed by atoms with E-state index < -0.39 is 0 Å². The van der Waals surface area contributed by atoms with Crippen molar-refractivity contribution in [1.29, 1.82) is 0 Å². The molecule has 0 aliphatic heterocycles. The highest BCUT2D eigenvalue weighted by molar-refractivity contribution is 6.03. The number of carbonyl (C=O) groups excluding carboxylic acids is 1. The molecule has 4 heteroatoms. The molecule has 0 saturated carbocycles. The summed E-state index contributed by atoms with van der Waals surface area (Å²) >= 11 is 0. The van der Waals surface area contributed by atoms with E-state index in [1.807, 2.05) is 49.4 Å². The predicted molar refractivity (Wildman–Crippen MR) is 90.0 cm³/mol. The standard InChI is InChI=1S/C19H15FN2O/c1-13(16-7-6-14-4-2-3-5-17(14)12-16)21-22-19(23)15-8-10-18(20)11-9-15/h2-12H,1H3,(H,22,23). The van der Waals surface area contributed by atoms with Crippen LogP contribution in [-0.4, -0.2) is 11.6 Å². The van der Waals surface area contributed by atoms with Gasteiger partial charge >= 0.3 is 0 Å². The van der Waals surface area contributed by atoms with E-state index in [1.165, 1.54) is 24.3 Å². The van der Waals surface area contributed by atoms with Gasteiger partial charge in [0.15, 0.2) is 0 Å². The summed E-state index contributed by atoms with van der Waals surface area (Å²) in [5.41, 5.74) is 4.49. The number of nitrogens with zero attached hydrogens (tertiary/aromatic N) is 1. The summed E-state index contributed by atoms with van der Waals surface area (Å²) < 4.78 is 12.9. The number of hydrogen-bond donors (Lipinski definition) is 1. The second-order valence-electron chi connectivity index (χ2n) is 5.21. The van der Waals surface area contributed by atoms with Crippen LogP contribution in [0.2, 0.25) is 0 Å². The third-order valence-corrected chi connectivity index (χ3v) is 3.60. The van der Waals surface area contributed by atoms with Crippen LogP contribution >= 0.6 is 0 Å². The molecule has 3 nitrogen and oxygen atoms in total. The zero-order valence-electron chi connectivity index (χ0n) is 12.6. The van der Waals surface area contributed by atoms with E-state index >= 15 is 0 Å². The number of amides is 1. The van der Waals surface area contributed by atoms with Crippen LogP contribution in [0.15, 0.2) is 71.8 Å². The molecule has 0 aromatic heterocycles. The van der Waals surface area contributed by atoms with Gasteiger partial charge in [-0.05, 0) is 53.6 Å². The summed E-state index contributed by atoms with van der Waals surface area (Å²) in [5.74, 6) is -0.748. The molecular weight excluding hydrogens is 291 g/mol. The molecule has 23 heavy (non-hydrogen) atoms. The second-order valence-corrected chi connectivity index (χ2v) is 5.21. The smallest absolute Gasteiger partial charge is 0.267 e. The molecule has 0 heterocycles. The molecule has 3 aromatic carbocycles. The Kier molecular flexibility index (Phi) is 4.15. The van der Waals surface area contributed by atoms with Gasteiger partial charge in [-0.2, -0.15) is 5.10 Å². The molecule has 3 rings (SSSR count). The van der Waals surface area contributed by atoms with Crippen LogP contribution in [0.25, 0.3) is 10.8 Å². The highest BCUT2D eigenvalue weighted by Gasteiger charge is 2.05. The van der Waals surface area contributed by atoms with E-state index in [0.29, 0.717) is 11.3 Å². The zero-order valence-corrected chi connectivity index (χ0v) is 12.6. The number of halogens is 1. The van der Waals surface area contributed by atoms with Gasteiger partial charge in [0.2, 0.25) is 0 Å². The Labute approximate surface area is 133 Å². The zero-order chi connectivity index (χ0) is 16.2. The first kappa shape index (κ1) is 14.9. The fourth-order valence-corrected chi connectivity index (χ4v) is 2.28. The van der Waals surface area contributed by atoms with Gasteiger partial charge in [-0.15, -0.1) is 0 Å². The average molecular weight is 306 g/mol. The second kappa shape index (κ2) is 6.40. The lowest BCUT2D eigenvalue weighted by molar-refractivity contribution is 0.0955. The largest absolute Gasteiger partial charge is 0.271 e. The van der Waals surface area contributed by atoms with Gasteiger partial charge in [0.05, 0.1) is 5.71 Å². The van der Waals surface area contributed by atoms with Crippen molar-refractivity contribution in [1.82, 2.24) is 5.43 Å². The minimum absolute atomic E-state index is 0.362. The molecule has 0 unspecified atom stereocenters. The maximum Gasteiger partial charge on any atom is 0.271 e. The lowest BCUT2D eigenvalue weighted by Crippen LogP contribution is -2.19. The van der Waals surface area contributed by atoms with Gasteiger partial charge in [0, 0.05) is 5.56 Å². The molecule has 0 saturated heterocycles. The van der Waals surface area contributed by atoms with E-state index in [1.54, 1.807) is 0 Å². The maximum atomic E-state index is 12.9. The van der Waals surface area contributed by atoms with Crippen LogP contribution in [0.3, 0.4) is 0 Å². The van der Waals surface area contributed by atoms with Crippen molar-refractivity contribution in [3.63, 3.8) is 0 Å². The molecule has 0 fully saturated rings. The Morgan fingerprint density at radius 1 is 0.913 bits per heavy atom. The molecule has 3 aromatic rings. The minimum Gasteiger partial charge on any atom is -0.267 e. The Hall–Kier alpha value is -3.01. The number of benzene rings is 3. The third kappa shape index (κ3) is 3.43. The van der Waals surface area contributed by atoms with Crippen molar-refractivity contribution in [3.8, 4) is 0 Å². The van der Waals surface area contributed by atoms with Crippen LogP contribution < -0.4 is 5.43 Å². The molecule has 0 aliphatic rings. The van der Waals surface area contributed by atoms with Crippen molar-refractivity contribution >= 4 is 22.4 Å². The van der Waals surface area contributed by atoms with Crippen LogP contribution in [-0.2, 0) is 0 Å². The molecule has 114 valence electrons. The Bertz CT molecular complexity index is 885. The van der Waals surface area contributed by atoms with Gasteiger partial charge in [-0.25, -0.2) is 9.82 Å². The number of fused-ring (bicyclic) bond motifs is 1. The van der Waals surface area contributed by atoms with Crippen molar-refractivity contribution in [2.24, 2.45) is 5.10 Å². The molecular formula is C19H15FN2O. The van der Waals surface area contributed by atoms with Gasteiger partial charge in [-0.1, -0.05) is 36.4 Å². The molecule has 1 N–H and O–H groups in total. The Morgan fingerprint density at radius 3 is 2.30 bits per heavy atom. The highest BCUT2D eigenvalue weighted by atomic mass is 19.1. The van der Waals surface area contributed by atoms with E-state index in [-0.39, 0.29) is 11.7 Å². The fourth-order valence-electron chi connectivity index (χ4n) is 2.28. The lowest BCUT2D eigenvalue weighted by Gasteiger charge is -2.05. The molecule has 0 bridgehead atoms. The number of hydrazone groups is 1. The Balaban J connectivity index is 1.78. The minimum atomic E-state index is -0.377. The monoisotopic (exact) mass is 306 g/mol. The van der Waals surface area contributed by atoms with Gasteiger partial charge in [0.1, 0.15) is 5.82 Å². The van der Waals surface area contributed by atoms with E-state index in [0.717, 1.165) is 16.3 Å². The van der Waals surface area contributed by atoms with Crippen molar-refractivity contribution in [2.75, 3.05) is 0 Å². The van der Waals surface area contributed by atoms with E-state index in [9.17, 15) is 9.18 Å². The topological polar surface area (TPSA) is 41.5 Å². The van der Waals surface area contributed by atoms with Crippen molar-refractivity contribution in [2.45, 2.75) is 6.92 Å². The highest BCUT2D eigenvalue weighted by Crippen LogP contribution is 2.16. The Morgan fingerprint density at radius 2 is 1.57 bits per heavy atom. The number of hydrogen-bond acceptors (Lipinski definition) is 2. The molecule has 0 spiro atoms. The molecule has 0 atom stereocenters. The van der Waals surface area contributed by atoms with Gasteiger partial charge < -0.3 is 0 Å². The van der Waals surface area contributed by atoms with Crippen LogP contribution in [0, 0.1) is 5.82 Å². The third-order valence-electron chi connectivity index (χ3n) is 3.60. The SMILES string of the molecule is CC(=NNC(=O)c1ccc(F)cc1)c1ccc2ccccc2c1. The first-order valence-electron chi connectivity index (χ1n) is 7.23. The summed E-state index contributed by atoms with van der Waals surface area (Å²) in [7, 11) is 0. The average Bonchev–Trinajstić information content (AvgIpc) is 2.59. The van der Waals surface area contributed by atoms with Crippen LogP contribution in [0.1, 0.15) is 22.8 Å². The van der Waals surface area contributed by atoms with Crippen molar-refractivity contribution in [3.05, 3.63) is 83.7 Å². The quantitative estimate of drug-likeness (QED) is 0.573. The fraction of sp³-hybridized carbons (Fsp3) is 0.0526. The normalized spacial score (nSPS) is 11.5. The first-order chi connectivity index (χ1) is 11.1. The number of nitrogens with one attached hydrogen (secondary N) is 1. The number of rotatable bonds is 3. The van der Waals surface area contributed by atoms with Gasteiger partial charge in [-0.3, -0.25) is 4.79 Å². The summed E-state index contributed by atoms with van der Waals surface area (Å²) in [6.45, 7) is 1.83.